The molecule has 2 rings (SSSR count). The minimum Gasteiger partial charge on any atom is -0.311 e. The highest BCUT2D eigenvalue weighted by Gasteiger charge is 2.15. The predicted molar refractivity (Wildman–Crippen MR) is 88.3 cm³/mol. The molecule has 1 aliphatic rings. The molecule has 0 aliphatic heterocycles. The first kappa shape index (κ1) is 15.9. The molecule has 3 nitrogen and oxygen atoms in total. The maximum absolute atomic E-state index is 4.73. The first-order valence-corrected chi connectivity index (χ1v) is 9.53. The fraction of sp³-hybridized carbons (Fsp3) is 0.812. The summed E-state index contributed by atoms with van der Waals surface area (Å²) >= 11 is 1.95. The molecule has 1 aromatic heterocycles. The van der Waals surface area contributed by atoms with E-state index in [9.17, 15) is 0 Å². The maximum Gasteiger partial charge on any atom is 0.0762 e. The molecule has 0 aromatic carbocycles. The summed E-state index contributed by atoms with van der Waals surface area (Å²) in [5.74, 6) is 1.30. The van der Waals surface area contributed by atoms with Crippen LogP contribution in [0.15, 0.2) is 12.3 Å². The van der Waals surface area contributed by atoms with Gasteiger partial charge in [-0.25, -0.2) is 0 Å². The average molecular weight is 295 g/mol. The van der Waals surface area contributed by atoms with Gasteiger partial charge in [0.2, 0.25) is 0 Å². The van der Waals surface area contributed by atoms with Gasteiger partial charge in [-0.15, -0.1) is 0 Å². The molecular weight excluding hydrogens is 266 g/mol. The number of hydrogen-bond acceptors (Lipinski definition) is 3. The Kier molecular flexibility index (Phi) is 7.52. The van der Waals surface area contributed by atoms with Crippen LogP contribution >= 0.6 is 11.8 Å². The summed E-state index contributed by atoms with van der Waals surface area (Å²) in [6, 6.07) is 2.83. The van der Waals surface area contributed by atoms with Crippen LogP contribution in [0.2, 0.25) is 0 Å². The molecule has 1 heterocycles. The number of nitrogens with zero attached hydrogens (tertiary/aromatic N) is 2. The normalized spacial score (nSPS) is 16.6. The van der Waals surface area contributed by atoms with Crippen molar-refractivity contribution < 1.29 is 0 Å². The van der Waals surface area contributed by atoms with Gasteiger partial charge in [0.15, 0.2) is 0 Å². The van der Waals surface area contributed by atoms with Crippen LogP contribution in [0.5, 0.6) is 0 Å². The van der Waals surface area contributed by atoms with Gasteiger partial charge in [0, 0.05) is 12.7 Å². The first-order valence-electron chi connectivity index (χ1n) is 8.14. The fourth-order valence-electron chi connectivity index (χ4n) is 2.91. The third-order valence-corrected chi connectivity index (χ3v) is 4.82. The molecule has 0 saturated heterocycles. The second kappa shape index (κ2) is 9.46. The Hall–Kier alpha value is -0.480. The lowest BCUT2D eigenvalue weighted by atomic mass is 9.96. The van der Waals surface area contributed by atoms with E-state index in [2.05, 4.69) is 28.5 Å². The summed E-state index contributed by atoms with van der Waals surface area (Å²) in [4.78, 5) is 0. The molecule has 1 N–H and O–H groups in total. The highest BCUT2D eigenvalue weighted by atomic mass is 32.2. The predicted octanol–water partition coefficient (Wildman–Crippen LogP) is 4.01. The van der Waals surface area contributed by atoms with Gasteiger partial charge >= 0.3 is 0 Å². The standard InChI is InChI=1S/C16H29N3S/c1-20-13-7-3-6-11-17-14-15-10-12-19(18-15)16-8-4-2-5-9-16/h10,12,16-17H,2-9,11,13-14H2,1H3. The fourth-order valence-corrected chi connectivity index (χ4v) is 3.40. The number of aromatic nitrogens is 2. The van der Waals surface area contributed by atoms with Crippen LogP contribution in [0.4, 0.5) is 0 Å². The van der Waals surface area contributed by atoms with Crippen LogP contribution in [-0.4, -0.2) is 28.3 Å². The number of nitrogens with one attached hydrogen (secondary N) is 1. The van der Waals surface area contributed by atoms with E-state index in [1.54, 1.807) is 0 Å². The van der Waals surface area contributed by atoms with Gasteiger partial charge in [-0.2, -0.15) is 16.9 Å². The van der Waals surface area contributed by atoms with Crippen molar-refractivity contribution in [3.63, 3.8) is 0 Å². The second-order valence-corrected chi connectivity index (χ2v) is 6.79. The largest absolute Gasteiger partial charge is 0.311 e. The minimum absolute atomic E-state index is 0.657. The summed E-state index contributed by atoms with van der Waals surface area (Å²) in [5.41, 5.74) is 1.19. The van der Waals surface area contributed by atoms with Crippen molar-refractivity contribution in [2.24, 2.45) is 0 Å². The van der Waals surface area contributed by atoms with E-state index in [-0.39, 0.29) is 0 Å². The molecule has 0 amide bonds. The van der Waals surface area contributed by atoms with Crippen molar-refractivity contribution >= 4 is 11.8 Å². The molecule has 0 radical (unpaired) electrons. The van der Waals surface area contributed by atoms with Gasteiger partial charge in [-0.05, 0) is 50.3 Å². The van der Waals surface area contributed by atoms with Gasteiger partial charge in [0.05, 0.1) is 11.7 Å². The monoisotopic (exact) mass is 295 g/mol. The van der Waals surface area contributed by atoms with Gasteiger partial charge in [0.25, 0.3) is 0 Å². The molecule has 4 heteroatoms. The molecule has 1 saturated carbocycles. The van der Waals surface area contributed by atoms with Crippen molar-refractivity contribution in [2.45, 2.75) is 64.0 Å². The Balaban J connectivity index is 1.60. The summed E-state index contributed by atoms with van der Waals surface area (Å²) in [6.07, 6.45) is 15.1. The highest BCUT2D eigenvalue weighted by molar-refractivity contribution is 7.98. The van der Waals surface area contributed by atoms with Crippen LogP contribution in [0.1, 0.15) is 63.1 Å². The minimum atomic E-state index is 0.657. The van der Waals surface area contributed by atoms with Crippen LogP contribution in [0.25, 0.3) is 0 Å². The van der Waals surface area contributed by atoms with Gasteiger partial charge in [0.1, 0.15) is 0 Å². The van der Waals surface area contributed by atoms with Crippen molar-refractivity contribution in [3.05, 3.63) is 18.0 Å². The number of thioether (sulfide) groups is 1. The zero-order chi connectivity index (χ0) is 14.0. The molecule has 0 unspecified atom stereocenters. The van der Waals surface area contributed by atoms with Gasteiger partial charge < -0.3 is 5.32 Å². The third kappa shape index (κ3) is 5.49. The molecule has 20 heavy (non-hydrogen) atoms. The SMILES string of the molecule is CSCCCCCNCc1ccn(C2CCCCC2)n1. The number of hydrogen-bond donors (Lipinski definition) is 1. The van der Waals surface area contributed by atoms with Crippen molar-refractivity contribution in [2.75, 3.05) is 18.6 Å². The molecule has 114 valence electrons. The van der Waals surface area contributed by atoms with E-state index in [1.165, 1.54) is 62.8 Å². The zero-order valence-corrected chi connectivity index (χ0v) is 13.6. The Labute approximate surface area is 127 Å². The Morgan fingerprint density at radius 3 is 2.90 bits per heavy atom. The quantitative estimate of drug-likeness (QED) is 0.698. The molecule has 1 aliphatic carbocycles. The van der Waals surface area contributed by atoms with E-state index in [0.29, 0.717) is 6.04 Å². The molecule has 1 aromatic rings. The Morgan fingerprint density at radius 2 is 2.10 bits per heavy atom. The molecule has 1 fully saturated rings. The highest BCUT2D eigenvalue weighted by Crippen LogP contribution is 2.27. The number of rotatable bonds is 9. The number of unbranched alkanes of at least 4 members (excludes halogenated alkanes) is 2. The maximum atomic E-state index is 4.73. The van der Waals surface area contributed by atoms with Crippen LogP contribution in [0.3, 0.4) is 0 Å². The van der Waals surface area contributed by atoms with Crippen molar-refractivity contribution in [1.82, 2.24) is 15.1 Å². The summed E-state index contributed by atoms with van der Waals surface area (Å²) in [5, 5.41) is 8.24. The molecule has 0 spiro atoms. The second-order valence-electron chi connectivity index (χ2n) is 5.81. The Bertz CT molecular complexity index is 358. The lowest BCUT2D eigenvalue weighted by Gasteiger charge is -2.21. The molecule has 0 atom stereocenters. The topological polar surface area (TPSA) is 29.9 Å². The van der Waals surface area contributed by atoms with E-state index in [0.717, 1.165) is 13.1 Å². The van der Waals surface area contributed by atoms with Gasteiger partial charge in [-0.1, -0.05) is 25.7 Å². The van der Waals surface area contributed by atoms with Gasteiger partial charge in [-0.3, -0.25) is 4.68 Å². The van der Waals surface area contributed by atoms with Crippen molar-refractivity contribution in [1.29, 1.82) is 0 Å². The smallest absolute Gasteiger partial charge is 0.0762 e. The van der Waals surface area contributed by atoms with E-state index < -0.39 is 0 Å². The third-order valence-electron chi connectivity index (χ3n) is 4.12. The lowest BCUT2D eigenvalue weighted by molar-refractivity contribution is 0.327. The van der Waals surface area contributed by atoms with E-state index >= 15 is 0 Å². The van der Waals surface area contributed by atoms with Crippen LogP contribution in [0, 0.1) is 0 Å². The lowest BCUT2D eigenvalue weighted by Crippen LogP contribution is -2.17. The summed E-state index contributed by atoms with van der Waals surface area (Å²) in [7, 11) is 0. The summed E-state index contributed by atoms with van der Waals surface area (Å²) in [6.45, 7) is 2.03. The molecular formula is C16H29N3S. The first-order chi connectivity index (χ1) is 9.90. The zero-order valence-electron chi connectivity index (χ0n) is 12.8. The van der Waals surface area contributed by atoms with E-state index in [4.69, 9.17) is 5.10 Å². The van der Waals surface area contributed by atoms with Crippen molar-refractivity contribution in [3.8, 4) is 0 Å². The van der Waals surface area contributed by atoms with Crippen LogP contribution in [-0.2, 0) is 6.54 Å². The van der Waals surface area contributed by atoms with E-state index in [1.807, 2.05) is 11.8 Å². The average Bonchev–Trinajstić information content (AvgIpc) is 2.96. The Morgan fingerprint density at radius 1 is 1.25 bits per heavy atom. The molecule has 0 bridgehead atoms. The summed E-state index contributed by atoms with van der Waals surface area (Å²) < 4.78 is 2.20. The van der Waals surface area contributed by atoms with Crippen LogP contribution < -0.4 is 5.32 Å².